The number of nitrogens with one attached hydrogen (secondary N) is 2. The van der Waals surface area contributed by atoms with Crippen molar-refractivity contribution in [3.63, 3.8) is 0 Å². The lowest BCUT2D eigenvalue weighted by Crippen LogP contribution is -2.39. The monoisotopic (exact) mass is 318 g/mol. The van der Waals surface area contributed by atoms with E-state index in [1.54, 1.807) is 13.0 Å². The number of carbonyl (C=O) groups excluding carboxylic acids is 2. The van der Waals surface area contributed by atoms with Gasteiger partial charge in [-0.05, 0) is 31.5 Å². The van der Waals surface area contributed by atoms with E-state index >= 15 is 0 Å². The third-order valence-corrected chi connectivity index (χ3v) is 3.85. The summed E-state index contributed by atoms with van der Waals surface area (Å²) in [6, 6.07) is 5.49. The lowest BCUT2D eigenvalue weighted by Gasteiger charge is -2.25. The minimum absolute atomic E-state index is 0.0855. The molecule has 22 heavy (non-hydrogen) atoms. The summed E-state index contributed by atoms with van der Waals surface area (Å²) in [7, 11) is 0. The van der Waals surface area contributed by atoms with Crippen molar-refractivity contribution in [2.45, 2.75) is 26.4 Å². The first-order valence-corrected chi connectivity index (χ1v) is 7.51. The van der Waals surface area contributed by atoms with Crippen LogP contribution in [0.2, 0.25) is 0 Å². The zero-order chi connectivity index (χ0) is 15.7. The molecule has 7 nitrogen and oxygen atoms in total. The van der Waals surface area contributed by atoms with E-state index in [0.717, 1.165) is 10.6 Å². The van der Waals surface area contributed by atoms with Gasteiger partial charge in [0, 0.05) is 0 Å². The maximum Gasteiger partial charge on any atom is 0.266 e. The van der Waals surface area contributed by atoms with Crippen LogP contribution >= 0.6 is 11.3 Å². The molecule has 2 N–H and O–H groups in total. The average molecular weight is 318 g/mol. The predicted molar refractivity (Wildman–Crippen MR) is 82.1 cm³/mol. The Balaban J connectivity index is 1.66. The third kappa shape index (κ3) is 3.06. The largest absolute Gasteiger partial charge is 0.478 e. The van der Waals surface area contributed by atoms with Crippen molar-refractivity contribution in [1.82, 2.24) is 10.2 Å². The van der Waals surface area contributed by atoms with Crippen LogP contribution in [-0.2, 0) is 9.59 Å². The third-order valence-electron chi connectivity index (χ3n) is 3.10. The Morgan fingerprint density at radius 3 is 2.95 bits per heavy atom. The van der Waals surface area contributed by atoms with E-state index in [2.05, 4.69) is 20.8 Å². The van der Waals surface area contributed by atoms with Crippen molar-refractivity contribution in [3.8, 4) is 5.75 Å². The van der Waals surface area contributed by atoms with Gasteiger partial charge >= 0.3 is 0 Å². The number of carbonyl (C=O) groups is 2. The molecule has 2 heterocycles. The quantitative estimate of drug-likeness (QED) is 0.901. The Hall–Kier alpha value is -2.48. The minimum Gasteiger partial charge on any atom is -0.478 e. The number of aryl methyl sites for hydroxylation is 2. The van der Waals surface area contributed by atoms with Gasteiger partial charge in [0.05, 0.1) is 12.1 Å². The Labute approximate surface area is 130 Å². The zero-order valence-electron chi connectivity index (χ0n) is 12.0. The Kier molecular flexibility index (Phi) is 3.76. The lowest BCUT2D eigenvalue weighted by atomic mass is 10.1. The highest BCUT2D eigenvalue weighted by molar-refractivity contribution is 7.15. The van der Waals surface area contributed by atoms with Gasteiger partial charge in [-0.1, -0.05) is 17.4 Å². The van der Waals surface area contributed by atoms with Crippen LogP contribution in [0.5, 0.6) is 5.75 Å². The van der Waals surface area contributed by atoms with Gasteiger partial charge in [-0.2, -0.15) is 0 Å². The molecule has 1 aromatic carbocycles. The van der Waals surface area contributed by atoms with Gasteiger partial charge in [0.1, 0.15) is 10.8 Å². The molecule has 0 saturated carbocycles. The average Bonchev–Trinajstić information content (AvgIpc) is 2.85. The van der Waals surface area contributed by atoms with Crippen molar-refractivity contribution in [2.24, 2.45) is 0 Å². The summed E-state index contributed by atoms with van der Waals surface area (Å²) in [4.78, 5) is 24.0. The maximum atomic E-state index is 12.0. The fourth-order valence-corrected chi connectivity index (χ4v) is 2.69. The van der Waals surface area contributed by atoms with Crippen molar-refractivity contribution in [3.05, 3.63) is 28.8 Å². The summed E-state index contributed by atoms with van der Waals surface area (Å²) in [5.41, 5.74) is 1.65. The van der Waals surface area contributed by atoms with Crippen LogP contribution in [0.15, 0.2) is 18.2 Å². The summed E-state index contributed by atoms with van der Waals surface area (Å²) in [5.74, 6) is -0.108. The second kappa shape index (κ2) is 5.72. The summed E-state index contributed by atoms with van der Waals surface area (Å²) < 4.78 is 5.61. The van der Waals surface area contributed by atoms with Crippen LogP contribution in [0.1, 0.15) is 17.0 Å². The molecule has 0 bridgehead atoms. The molecule has 2 aromatic rings. The van der Waals surface area contributed by atoms with E-state index in [1.807, 2.05) is 19.1 Å². The van der Waals surface area contributed by atoms with Crippen LogP contribution in [0.3, 0.4) is 0 Å². The van der Waals surface area contributed by atoms with Crippen molar-refractivity contribution >= 4 is 34.0 Å². The zero-order valence-corrected chi connectivity index (χ0v) is 12.9. The van der Waals surface area contributed by atoms with Crippen LogP contribution in [0.4, 0.5) is 10.8 Å². The summed E-state index contributed by atoms with van der Waals surface area (Å²) in [5, 5.41) is 14.2. The lowest BCUT2D eigenvalue weighted by molar-refractivity contribution is -0.128. The smallest absolute Gasteiger partial charge is 0.266 e. The van der Waals surface area contributed by atoms with Crippen molar-refractivity contribution in [2.75, 3.05) is 10.6 Å². The summed E-state index contributed by atoms with van der Waals surface area (Å²) in [6.45, 7) is 3.72. The minimum atomic E-state index is -0.857. The van der Waals surface area contributed by atoms with Crippen molar-refractivity contribution in [1.29, 1.82) is 0 Å². The number of amides is 2. The highest BCUT2D eigenvalue weighted by Crippen LogP contribution is 2.31. The second-order valence-corrected chi connectivity index (χ2v) is 6.16. The van der Waals surface area contributed by atoms with Gasteiger partial charge in [-0.15, -0.1) is 10.2 Å². The number of fused-ring (bicyclic) bond motifs is 1. The Bertz CT molecular complexity index is 743. The molecule has 1 unspecified atom stereocenters. The van der Waals surface area contributed by atoms with E-state index in [4.69, 9.17) is 4.74 Å². The number of anilines is 2. The van der Waals surface area contributed by atoms with Gasteiger partial charge in [-0.3, -0.25) is 9.59 Å². The number of hydrogen-bond acceptors (Lipinski definition) is 6. The van der Waals surface area contributed by atoms with E-state index in [0.29, 0.717) is 16.6 Å². The van der Waals surface area contributed by atoms with Gasteiger partial charge < -0.3 is 15.4 Å². The maximum absolute atomic E-state index is 12.0. The second-order valence-electron chi connectivity index (χ2n) is 4.97. The summed E-state index contributed by atoms with van der Waals surface area (Å²) >= 11 is 1.27. The molecule has 0 spiro atoms. The van der Waals surface area contributed by atoms with E-state index in [9.17, 15) is 9.59 Å². The molecule has 8 heteroatoms. The number of aromatic nitrogens is 2. The number of nitrogens with zero attached hydrogens (tertiary/aromatic N) is 2. The van der Waals surface area contributed by atoms with Crippen LogP contribution in [-0.4, -0.2) is 28.1 Å². The Morgan fingerprint density at radius 2 is 2.23 bits per heavy atom. The van der Waals surface area contributed by atoms with Gasteiger partial charge in [0.15, 0.2) is 6.10 Å². The van der Waals surface area contributed by atoms with Crippen LogP contribution in [0, 0.1) is 13.8 Å². The molecule has 0 fully saturated rings. The van der Waals surface area contributed by atoms with Gasteiger partial charge in [0.25, 0.3) is 5.91 Å². The van der Waals surface area contributed by atoms with Crippen LogP contribution in [0.25, 0.3) is 0 Å². The molecule has 1 aliphatic rings. The normalized spacial score (nSPS) is 16.5. The molecule has 0 aliphatic carbocycles. The molecule has 1 aromatic heterocycles. The number of benzene rings is 1. The molecular weight excluding hydrogens is 304 g/mol. The Morgan fingerprint density at radius 1 is 1.41 bits per heavy atom. The number of ether oxygens (including phenoxy) is 1. The first kappa shape index (κ1) is 14.5. The SMILES string of the molecule is Cc1ccc2c(c1)NC(=O)C(CC(=O)Nc1nnc(C)s1)O2. The standard InChI is InChI=1S/C14H14N4O3S/c1-7-3-4-10-9(5-7)15-13(20)11(21-10)6-12(19)16-14-18-17-8(2)22-14/h3-5,11H,6H2,1-2H3,(H,15,20)(H,16,18,19). The van der Waals surface area contributed by atoms with E-state index in [-0.39, 0.29) is 18.2 Å². The fourth-order valence-electron chi connectivity index (χ4n) is 2.08. The first-order valence-electron chi connectivity index (χ1n) is 6.69. The molecular formula is C14H14N4O3S. The highest BCUT2D eigenvalue weighted by Gasteiger charge is 2.30. The van der Waals surface area contributed by atoms with E-state index in [1.165, 1.54) is 11.3 Å². The molecule has 0 saturated heterocycles. The molecule has 0 radical (unpaired) electrons. The number of hydrogen-bond donors (Lipinski definition) is 2. The molecule has 114 valence electrons. The topological polar surface area (TPSA) is 93.2 Å². The predicted octanol–water partition coefficient (Wildman–Crippen LogP) is 1.88. The molecule has 3 rings (SSSR count). The van der Waals surface area contributed by atoms with Crippen LogP contribution < -0.4 is 15.4 Å². The van der Waals surface area contributed by atoms with Gasteiger partial charge in [-0.25, -0.2) is 0 Å². The van der Waals surface area contributed by atoms with E-state index < -0.39 is 6.10 Å². The molecule has 1 aliphatic heterocycles. The molecule has 1 atom stereocenters. The summed E-state index contributed by atoms with van der Waals surface area (Å²) in [6.07, 6.45) is -0.943. The highest BCUT2D eigenvalue weighted by atomic mass is 32.1. The van der Waals surface area contributed by atoms with Gasteiger partial charge in [0.2, 0.25) is 11.0 Å². The van der Waals surface area contributed by atoms with Crippen molar-refractivity contribution < 1.29 is 14.3 Å². The number of rotatable bonds is 3. The fraction of sp³-hybridized carbons (Fsp3) is 0.286. The first-order chi connectivity index (χ1) is 10.5. The molecule has 2 amide bonds.